The maximum atomic E-state index is 12.8. The van der Waals surface area contributed by atoms with Gasteiger partial charge in [0.1, 0.15) is 5.69 Å². The second-order valence-corrected chi connectivity index (χ2v) is 6.72. The lowest BCUT2D eigenvalue weighted by Crippen LogP contribution is -2.07. The predicted molar refractivity (Wildman–Crippen MR) is 77.9 cm³/mol. The summed E-state index contributed by atoms with van der Waals surface area (Å²) in [5.41, 5.74) is 1.68. The van der Waals surface area contributed by atoms with Crippen molar-refractivity contribution < 1.29 is 13.2 Å². The lowest BCUT2D eigenvalue weighted by atomic mass is 9.99. The van der Waals surface area contributed by atoms with Crippen LogP contribution in [0.2, 0.25) is 10.0 Å². The van der Waals surface area contributed by atoms with Crippen LogP contribution in [-0.4, -0.2) is 9.78 Å². The third kappa shape index (κ3) is 2.06. The van der Waals surface area contributed by atoms with Crippen LogP contribution in [-0.2, 0) is 6.18 Å². The Labute approximate surface area is 134 Å². The van der Waals surface area contributed by atoms with Gasteiger partial charge in [-0.15, -0.1) is 0 Å². The van der Waals surface area contributed by atoms with Gasteiger partial charge >= 0.3 is 6.18 Å². The quantitative estimate of drug-likeness (QED) is 0.660. The molecule has 2 aliphatic carbocycles. The van der Waals surface area contributed by atoms with Crippen molar-refractivity contribution >= 4 is 23.2 Å². The Morgan fingerprint density at radius 2 is 1.73 bits per heavy atom. The van der Waals surface area contributed by atoms with E-state index in [1.54, 1.807) is 0 Å². The number of nitrogens with zero attached hydrogens (tertiary/aromatic N) is 2. The fourth-order valence-corrected chi connectivity index (χ4v) is 4.27. The maximum Gasteiger partial charge on any atom is 0.416 e. The van der Waals surface area contributed by atoms with Crippen LogP contribution in [0.3, 0.4) is 0 Å². The monoisotopic (exact) mass is 346 g/mol. The number of hydrogen-bond acceptors (Lipinski definition) is 1. The summed E-state index contributed by atoms with van der Waals surface area (Å²) >= 11 is 12.1. The van der Waals surface area contributed by atoms with E-state index in [9.17, 15) is 13.2 Å². The number of hydrogen-bond donors (Lipinski definition) is 0. The van der Waals surface area contributed by atoms with Gasteiger partial charge in [0.25, 0.3) is 0 Å². The Balaban J connectivity index is 1.81. The molecule has 0 spiro atoms. The van der Waals surface area contributed by atoms with E-state index in [4.69, 9.17) is 23.2 Å². The zero-order valence-corrected chi connectivity index (χ0v) is 12.8. The third-order valence-corrected chi connectivity index (χ3v) is 5.18. The second-order valence-electron chi connectivity index (χ2n) is 5.91. The molecule has 4 rings (SSSR count). The summed E-state index contributed by atoms with van der Waals surface area (Å²) in [6.45, 7) is 0. The molecule has 2 bridgehead atoms. The molecule has 1 aromatic heterocycles. The molecular formula is C15H11Cl2F3N2. The molecule has 0 N–H and O–H groups in total. The standard InChI is InChI=1S/C15H11Cl2F3N2/c16-11-4-9(15(18,19)20)5-12(17)14(11)22-6-10-7-1-2-8(3-7)13(10)21-22/h4-8H,1-3H2. The molecule has 116 valence electrons. The molecule has 1 fully saturated rings. The van der Waals surface area contributed by atoms with Gasteiger partial charge in [-0.3, -0.25) is 0 Å². The first-order valence-corrected chi connectivity index (χ1v) is 7.76. The molecule has 2 aliphatic rings. The van der Waals surface area contributed by atoms with Gasteiger partial charge < -0.3 is 0 Å². The van der Waals surface area contributed by atoms with Gasteiger partial charge in [-0.1, -0.05) is 23.2 Å². The van der Waals surface area contributed by atoms with E-state index in [1.807, 2.05) is 6.20 Å². The summed E-state index contributed by atoms with van der Waals surface area (Å²) in [6, 6.07) is 1.79. The summed E-state index contributed by atoms with van der Waals surface area (Å²) in [5.74, 6) is 0.981. The van der Waals surface area contributed by atoms with Crippen LogP contribution in [0.25, 0.3) is 5.69 Å². The first kappa shape index (κ1) is 14.4. The highest BCUT2D eigenvalue weighted by Crippen LogP contribution is 2.52. The molecular weight excluding hydrogens is 336 g/mol. The minimum atomic E-state index is -4.48. The molecule has 0 radical (unpaired) electrons. The molecule has 1 saturated carbocycles. The summed E-state index contributed by atoms with van der Waals surface area (Å²) in [7, 11) is 0. The molecule has 2 nitrogen and oxygen atoms in total. The van der Waals surface area contributed by atoms with E-state index in [2.05, 4.69) is 5.10 Å². The molecule has 2 unspecified atom stereocenters. The SMILES string of the molecule is FC(F)(F)c1cc(Cl)c(-n2cc3c(n2)C2CCC3C2)c(Cl)c1. The summed E-state index contributed by atoms with van der Waals surface area (Å²) in [6.07, 6.45) is 0.796. The molecule has 0 amide bonds. The highest BCUT2D eigenvalue weighted by atomic mass is 35.5. The highest BCUT2D eigenvalue weighted by molar-refractivity contribution is 6.37. The van der Waals surface area contributed by atoms with Gasteiger partial charge in [-0.05, 0) is 42.9 Å². The second kappa shape index (κ2) is 4.65. The van der Waals surface area contributed by atoms with E-state index in [-0.39, 0.29) is 10.0 Å². The number of fused-ring (bicyclic) bond motifs is 5. The number of benzene rings is 1. The fourth-order valence-electron chi connectivity index (χ4n) is 3.61. The van der Waals surface area contributed by atoms with Crippen molar-refractivity contribution in [2.45, 2.75) is 37.3 Å². The first-order valence-electron chi connectivity index (χ1n) is 7.00. The first-order chi connectivity index (χ1) is 10.3. The lowest BCUT2D eigenvalue weighted by molar-refractivity contribution is -0.137. The Hall–Kier alpha value is -1.20. The normalized spacial score (nSPS) is 23.1. The Kier molecular flexibility index (Phi) is 3.04. The molecule has 22 heavy (non-hydrogen) atoms. The number of rotatable bonds is 1. The van der Waals surface area contributed by atoms with Crippen molar-refractivity contribution in [3.05, 3.63) is 45.2 Å². The van der Waals surface area contributed by atoms with Crippen LogP contribution in [0.1, 0.15) is 47.9 Å². The van der Waals surface area contributed by atoms with Crippen LogP contribution < -0.4 is 0 Å². The Morgan fingerprint density at radius 3 is 2.32 bits per heavy atom. The average Bonchev–Trinajstić information content (AvgIpc) is 3.08. The number of halogens is 5. The molecule has 7 heteroatoms. The van der Waals surface area contributed by atoms with E-state index >= 15 is 0 Å². The largest absolute Gasteiger partial charge is 0.416 e. The van der Waals surface area contributed by atoms with Crippen LogP contribution in [0.5, 0.6) is 0 Å². The van der Waals surface area contributed by atoms with E-state index in [1.165, 1.54) is 10.2 Å². The summed E-state index contributed by atoms with van der Waals surface area (Å²) in [5, 5.41) is 4.43. The van der Waals surface area contributed by atoms with Crippen molar-refractivity contribution in [2.24, 2.45) is 0 Å². The topological polar surface area (TPSA) is 17.8 Å². The Bertz CT molecular complexity index is 716. The minimum Gasteiger partial charge on any atom is -0.237 e. The van der Waals surface area contributed by atoms with Crippen molar-refractivity contribution in [1.29, 1.82) is 0 Å². The van der Waals surface area contributed by atoms with Gasteiger partial charge in [0.15, 0.2) is 0 Å². The van der Waals surface area contributed by atoms with Crippen molar-refractivity contribution in [3.63, 3.8) is 0 Å². The van der Waals surface area contributed by atoms with Crippen LogP contribution in [0.4, 0.5) is 13.2 Å². The van der Waals surface area contributed by atoms with Gasteiger partial charge in [-0.25, -0.2) is 4.68 Å². The van der Waals surface area contributed by atoms with Gasteiger partial charge in [0.2, 0.25) is 0 Å². The molecule has 0 saturated heterocycles. The van der Waals surface area contributed by atoms with Crippen molar-refractivity contribution in [2.75, 3.05) is 0 Å². The van der Waals surface area contributed by atoms with Gasteiger partial charge in [-0.2, -0.15) is 18.3 Å². The zero-order chi connectivity index (χ0) is 15.6. The molecule has 1 heterocycles. The predicted octanol–water partition coefficient (Wildman–Crippen LogP) is 5.56. The van der Waals surface area contributed by atoms with Gasteiger partial charge in [0, 0.05) is 12.1 Å². The molecule has 2 atom stereocenters. The molecule has 2 aromatic rings. The molecule has 1 aromatic carbocycles. The summed E-state index contributed by atoms with van der Waals surface area (Å²) in [4.78, 5) is 0. The van der Waals surface area contributed by atoms with Crippen LogP contribution in [0.15, 0.2) is 18.3 Å². The van der Waals surface area contributed by atoms with Crippen molar-refractivity contribution in [3.8, 4) is 5.69 Å². The molecule has 0 aliphatic heterocycles. The van der Waals surface area contributed by atoms with Crippen molar-refractivity contribution in [1.82, 2.24) is 9.78 Å². The van der Waals surface area contributed by atoms with E-state index in [0.29, 0.717) is 17.5 Å². The average molecular weight is 347 g/mol. The highest BCUT2D eigenvalue weighted by Gasteiger charge is 2.40. The third-order valence-electron chi connectivity index (χ3n) is 4.61. The van der Waals surface area contributed by atoms with E-state index < -0.39 is 11.7 Å². The zero-order valence-electron chi connectivity index (χ0n) is 11.3. The summed E-state index contributed by atoms with van der Waals surface area (Å²) < 4.78 is 39.9. The smallest absolute Gasteiger partial charge is 0.237 e. The van der Waals surface area contributed by atoms with Crippen LogP contribution >= 0.6 is 23.2 Å². The fraction of sp³-hybridized carbons (Fsp3) is 0.400. The van der Waals surface area contributed by atoms with Gasteiger partial charge in [0.05, 0.1) is 21.3 Å². The maximum absolute atomic E-state index is 12.8. The lowest BCUT2D eigenvalue weighted by Gasteiger charge is -2.12. The number of alkyl halides is 3. The Morgan fingerprint density at radius 1 is 1.09 bits per heavy atom. The number of aromatic nitrogens is 2. The van der Waals surface area contributed by atoms with E-state index in [0.717, 1.165) is 37.1 Å². The van der Waals surface area contributed by atoms with Crippen LogP contribution in [0, 0.1) is 0 Å². The minimum absolute atomic E-state index is 0.0478.